The van der Waals surface area contributed by atoms with Gasteiger partial charge in [-0.1, -0.05) is 42.0 Å². The molecule has 0 amide bonds. The fraction of sp³-hybridized carbons (Fsp3) is 0.182. The summed E-state index contributed by atoms with van der Waals surface area (Å²) in [6.07, 6.45) is 3.83. The molecule has 1 aromatic heterocycles. The SMILES string of the molecule is Cc1ccc(Cn2cccc2/C=N/NC(=S)Nc2cc(C)ccc2C)cc1. The van der Waals surface area contributed by atoms with Crippen molar-refractivity contribution < 1.29 is 0 Å². The summed E-state index contributed by atoms with van der Waals surface area (Å²) in [5.41, 5.74) is 9.74. The lowest BCUT2D eigenvalue weighted by Crippen LogP contribution is -2.24. The van der Waals surface area contributed by atoms with Gasteiger partial charge in [-0.25, -0.2) is 0 Å². The molecule has 3 aromatic rings. The van der Waals surface area contributed by atoms with Crippen LogP contribution in [0.2, 0.25) is 0 Å². The Labute approximate surface area is 165 Å². The highest BCUT2D eigenvalue weighted by Gasteiger charge is 2.02. The molecule has 0 unspecified atom stereocenters. The van der Waals surface area contributed by atoms with Crippen LogP contribution >= 0.6 is 12.2 Å². The first kappa shape index (κ1) is 18.9. The second-order valence-electron chi connectivity index (χ2n) is 6.69. The van der Waals surface area contributed by atoms with Crippen LogP contribution in [0.1, 0.15) is 27.9 Å². The van der Waals surface area contributed by atoms with Crippen LogP contribution < -0.4 is 10.7 Å². The smallest absolute Gasteiger partial charge is 0.191 e. The summed E-state index contributed by atoms with van der Waals surface area (Å²) < 4.78 is 2.15. The van der Waals surface area contributed by atoms with Gasteiger partial charge in [-0.15, -0.1) is 0 Å². The van der Waals surface area contributed by atoms with E-state index in [1.807, 2.05) is 25.3 Å². The van der Waals surface area contributed by atoms with Crippen molar-refractivity contribution in [2.75, 3.05) is 5.32 Å². The van der Waals surface area contributed by atoms with Gasteiger partial charge in [0.25, 0.3) is 0 Å². The lowest BCUT2D eigenvalue weighted by Gasteiger charge is -2.11. The van der Waals surface area contributed by atoms with E-state index in [4.69, 9.17) is 12.2 Å². The van der Waals surface area contributed by atoms with E-state index in [9.17, 15) is 0 Å². The molecule has 0 saturated heterocycles. The fourth-order valence-corrected chi connectivity index (χ4v) is 2.92. The summed E-state index contributed by atoms with van der Waals surface area (Å²) in [5, 5.41) is 7.94. The Morgan fingerprint density at radius 1 is 1.04 bits per heavy atom. The minimum absolute atomic E-state index is 0.469. The van der Waals surface area contributed by atoms with Crippen LogP contribution in [0.4, 0.5) is 5.69 Å². The second kappa shape index (κ2) is 8.64. The van der Waals surface area contributed by atoms with Gasteiger partial charge in [-0.3, -0.25) is 5.43 Å². The van der Waals surface area contributed by atoms with E-state index in [1.165, 1.54) is 16.7 Å². The standard InChI is InChI=1S/C22H24N4S/c1-16-7-10-19(11-8-16)15-26-12-4-5-20(26)14-23-25-22(27)24-21-13-17(2)6-9-18(21)3/h4-14H,15H2,1-3H3,(H2,24,25,27)/b23-14+. The zero-order chi connectivity index (χ0) is 19.2. The predicted octanol–water partition coefficient (Wildman–Crippen LogP) is 4.78. The Bertz CT molecular complexity index is 955. The van der Waals surface area contributed by atoms with Gasteiger partial charge in [0.05, 0.1) is 11.9 Å². The molecule has 1 heterocycles. The molecule has 0 saturated carbocycles. The number of thiocarbonyl (C=S) groups is 1. The van der Waals surface area contributed by atoms with Crippen LogP contribution in [-0.4, -0.2) is 15.9 Å². The lowest BCUT2D eigenvalue weighted by molar-refractivity contribution is 0.798. The van der Waals surface area contributed by atoms with Gasteiger partial charge >= 0.3 is 0 Å². The van der Waals surface area contributed by atoms with E-state index in [-0.39, 0.29) is 0 Å². The number of aryl methyl sites for hydroxylation is 3. The molecular formula is C22H24N4S. The molecule has 0 bridgehead atoms. The van der Waals surface area contributed by atoms with Gasteiger partial charge in [-0.05, 0) is 67.9 Å². The van der Waals surface area contributed by atoms with Gasteiger partial charge in [-0.2, -0.15) is 5.10 Å². The average molecular weight is 377 g/mol. The second-order valence-corrected chi connectivity index (χ2v) is 7.10. The van der Waals surface area contributed by atoms with E-state index < -0.39 is 0 Å². The molecule has 27 heavy (non-hydrogen) atoms. The summed E-state index contributed by atoms with van der Waals surface area (Å²) in [7, 11) is 0. The van der Waals surface area contributed by atoms with Crippen molar-refractivity contribution >= 4 is 29.2 Å². The number of hydrogen-bond donors (Lipinski definition) is 2. The highest BCUT2D eigenvalue weighted by molar-refractivity contribution is 7.80. The van der Waals surface area contributed by atoms with E-state index in [2.05, 4.69) is 76.7 Å². The number of benzene rings is 2. The first-order chi connectivity index (χ1) is 13.0. The van der Waals surface area contributed by atoms with Crippen LogP contribution in [0.15, 0.2) is 65.9 Å². The van der Waals surface area contributed by atoms with Gasteiger partial charge < -0.3 is 9.88 Å². The molecule has 0 aliphatic heterocycles. The minimum Gasteiger partial charge on any atom is -0.342 e. The Balaban J connectivity index is 1.60. The lowest BCUT2D eigenvalue weighted by atomic mass is 10.1. The maximum atomic E-state index is 5.34. The first-order valence-electron chi connectivity index (χ1n) is 8.89. The molecule has 2 aromatic carbocycles. The normalized spacial score (nSPS) is 10.9. The van der Waals surface area contributed by atoms with Crippen molar-refractivity contribution in [1.29, 1.82) is 0 Å². The van der Waals surface area contributed by atoms with Gasteiger partial charge in [0, 0.05) is 18.4 Å². The third kappa shape index (κ3) is 5.28. The van der Waals surface area contributed by atoms with Crippen LogP contribution in [0.5, 0.6) is 0 Å². The summed E-state index contributed by atoms with van der Waals surface area (Å²) in [4.78, 5) is 0. The fourth-order valence-electron chi connectivity index (χ4n) is 2.76. The third-order valence-corrected chi connectivity index (χ3v) is 4.54. The molecule has 0 aliphatic carbocycles. The molecule has 138 valence electrons. The Hall–Kier alpha value is -2.92. The van der Waals surface area contributed by atoms with Crippen molar-refractivity contribution in [2.24, 2.45) is 5.10 Å². The summed E-state index contributed by atoms with van der Waals surface area (Å²) >= 11 is 5.34. The van der Waals surface area contributed by atoms with Crippen molar-refractivity contribution in [3.8, 4) is 0 Å². The molecular weight excluding hydrogens is 352 g/mol. The van der Waals surface area contributed by atoms with Gasteiger partial charge in [0.1, 0.15) is 0 Å². The van der Waals surface area contributed by atoms with E-state index in [0.717, 1.165) is 23.5 Å². The molecule has 0 fully saturated rings. The van der Waals surface area contributed by atoms with E-state index >= 15 is 0 Å². The van der Waals surface area contributed by atoms with Gasteiger partial charge in [0.15, 0.2) is 5.11 Å². The van der Waals surface area contributed by atoms with Crippen molar-refractivity contribution in [2.45, 2.75) is 27.3 Å². The van der Waals surface area contributed by atoms with E-state index in [1.54, 1.807) is 6.21 Å². The Morgan fingerprint density at radius 3 is 2.56 bits per heavy atom. The molecule has 4 nitrogen and oxygen atoms in total. The average Bonchev–Trinajstić information content (AvgIpc) is 3.07. The van der Waals surface area contributed by atoms with Crippen molar-refractivity contribution in [3.63, 3.8) is 0 Å². The van der Waals surface area contributed by atoms with Crippen LogP contribution in [0.25, 0.3) is 0 Å². The number of nitrogens with zero attached hydrogens (tertiary/aromatic N) is 2. The zero-order valence-corrected chi connectivity index (χ0v) is 16.7. The number of rotatable bonds is 5. The molecule has 2 N–H and O–H groups in total. The maximum Gasteiger partial charge on any atom is 0.191 e. The van der Waals surface area contributed by atoms with Crippen molar-refractivity contribution in [3.05, 3.63) is 88.7 Å². The highest BCUT2D eigenvalue weighted by Crippen LogP contribution is 2.16. The summed E-state index contributed by atoms with van der Waals surface area (Å²) in [5.74, 6) is 0. The van der Waals surface area contributed by atoms with Crippen molar-refractivity contribution in [1.82, 2.24) is 9.99 Å². The maximum absolute atomic E-state index is 5.34. The molecule has 0 spiro atoms. The third-order valence-electron chi connectivity index (χ3n) is 4.34. The Kier molecular flexibility index (Phi) is 6.04. The summed E-state index contributed by atoms with van der Waals surface area (Å²) in [6, 6.07) is 18.8. The minimum atomic E-state index is 0.469. The quantitative estimate of drug-likeness (QED) is 0.382. The highest BCUT2D eigenvalue weighted by atomic mass is 32.1. The molecule has 0 atom stereocenters. The van der Waals surface area contributed by atoms with Crippen LogP contribution in [-0.2, 0) is 6.54 Å². The first-order valence-corrected chi connectivity index (χ1v) is 9.30. The van der Waals surface area contributed by atoms with Gasteiger partial charge in [0.2, 0.25) is 0 Å². The molecule has 0 radical (unpaired) electrons. The largest absolute Gasteiger partial charge is 0.342 e. The Morgan fingerprint density at radius 2 is 1.78 bits per heavy atom. The topological polar surface area (TPSA) is 41.4 Å². The number of hydrazone groups is 1. The van der Waals surface area contributed by atoms with Crippen LogP contribution in [0.3, 0.4) is 0 Å². The molecule has 3 rings (SSSR count). The predicted molar refractivity (Wildman–Crippen MR) is 118 cm³/mol. The number of hydrogen-bond acceptors (Lipinski definition) is 2. The van der Waals surface area contributed by atoms with E-state index in [0.29, 0.717) is 5.11 Å². The monoisotopic (exact) mass is 376 g/mol. The zero-order valence-electron chi connectivity index (χ0n) is 15.9. The summed E-state index contributed by atoms with van der Waals surface area (Å²) in [6.45, 7) is 7.01. The van der Waals surface area contributed by atoms with Crippen LogP contribution in [0, 0.1) is 20.8 Å². The molecule has 0 aliphatic rings. The number of aromatic nitrogens is 1. The number of anilines is 1. The number of nitrogens with one attached hydrogen (secondary N) is 2. The molecule has 5 heteroatoms.